The van der Waals surface area contributed by atoms with Gasteiger partial charge in [-0.3, -0.25) is 14.6 Å². The molecular formula is C23H31N3O4. The lowest BCUT2D eigenvalue weighted by molar-refractivity contribution is -0.136. The molecule has 0 unspecified atom stereocenters. The first-order valence-corrected chi connectivity index (χ1v) is 11.2. The molecule has 1 aromatic carbocycles. The maximum Gasteiger partial charge on any atom is 0.325 e. The Labute approximate surface area is 177 Å². The summed E-state index contributed by atoms with van der Waals surface area (Å²) in [5.41, 5.74) is 1.65. The third-order valence-electron chi connectivity index (χ3n) is 7.61. The molecule has 3 amide bonds. The van der Waals surface area contributed by atoms with Gasteiger partial charge in [-0.05, 0) is 55.4 Å². The van der Waals surface area contributed by atoms with Crippen LogP contribution in [0, 0.1) is 0 Å². The highest BCUT2D eigenvalue weighted by atomic mass is 16.5. The summed E-state index contributed by atoms with van der Waals surface area (Å²) in [7, 11) is 3.30. The maximum atomic E-state index is 13.6. The Balaban J connectivity index is 1.45. The van der Waals surface area contributed by atoms with Crippen LogP contribution in [0.1, 0.15) is 62.1 Å². The van der Waals surface area contributed by atoms with E-state index in [9.17, 15) is 9.59 Å². The molecule has 1 saturated carbocycles. The van der Waals surface area contributed by atoms with Crippen LogP contribution in [0.5, 0.6) is 11.5 Å². The minimum absolute atomic E-state index is 0.00773. The van der Waals surface area contributed by atoms with Gasteiger partial charge in [0.15, 0.2) is 11.5 Å². The summed E-state index contributed by atoms with van der Waals surface area (Å²) in [5, 5.41) is 3.14. The van der Waals surface area contributed by atoms with Crippen molar-refractivity contribution in [2.45, 2.75) is 69.0 Å². The fourth-order valence-electron chi connectivity index (χ4n) is 5.97. The summed E-state index contributed by atoms with van der Waals surface area (Å²) in [4.78, 5) is 30.5. The fourth-order valence-corrected chi connectivity index (χ4v) is 5.97. The molecule has 1 aliphatic carbocycles. The average molecular weight is 414 g/mol. The van der Waals surface area contributed by atoms with Crippen molar-refractivity contribution in [1.82, 2.24) is 15.1 Å². The smallest absolute Gasteiger partial charge is 0.325 e. The van der Waals surface area contributed by atoms with Crippen LogP contribution in [-0.2, 0) is 11.2 Å². The van der Waals surface area contributed by atoms with Crippen LogP contribution in [0.4, 0.5) is 4.79 Å². The molecular weight excluding hydrogens is 382 g/mol. The summed E-state index contributed by atoms with van der Waals surface area (Å²) in [6.07, 6.45) is 7.51. The molecule has 3 aliphatic heterocycles. The molecule has 30 heavy (non-hydrogen) atoms. The summed E-state index contributed by atoms with van der Waals surface area (Å²) in [6.45, 7) is 1.76. The minimum atomic E-state index is -0.780. The van der Waals surface area contributed by atoms with Crippen molar-refractivity contribution in [2.75, 3.05) is 27.3 Å². The van der Waals surface area contributed by atoms with Crippen LogP contribution in [0.25, 0.3) is 0 Å². The van der Waals surface area contributed by atoms with Crippen LogP contribution in [0.15, 0.2) is 12.1 Å². The van der Waals surface area contributed by atoms with Crippen LogP contribution in [-0.4, -0.2) is 60.6 Å². The number of carbonyl (C=O) groups is 2. The lowest BCUT2D eigenvalue weighted by atomic mass is 9.77. The number of amides is 3. The first kappa shape index (κ1) is 19.7. The molecule has 3 heterocycles. The van der Waals surface area contributed by atoms with E-state index in [1.54, 1.807) is 19.1 Å². The second kappa shape index (κ2) is 7.45. The number of imide groups is 1. The quantitative estimate of drug-likeness (QED) is 0.772. The number of fused-ring (bicyclic) bond motifs is 3. The standard InChI is InChI=1S/C23H31N3O4/c1-29-19-12-15-8-10-25-11-9-23(14-18(25)17(15)13-20(19)30-2)21(27)26(22(28)24-23)16-6-4-3-5-7-16/h12-13,16,18H,3-11,14H2,1-2H3,(H,24,28)/t18-,23+/m1/s1. The number of rotatable bonds is 3. The summed E-state index contributed by atoms with van der Waals surface area (Å²) < 4.78 is 11.0. The highest BCUT2D eigenvalue weighted by molar-refractivity contribution is 6.07. The number of piperidine rings is 1. The normalized spacial score (nSPS) is 29.5. The Morgan fingerprint density at radius 1 is 1.03 bits per heavy atom. The van der Waals surface area contributed by atoms with Crippen molar-refractivity contribution >= 4 is 11.9 Å². The molecule has 1 spiro atoms. The molecule has 162 valence electrons. The highest BCUT2D eigenvalue weighted by Crippen LogP contribution is 2.46. The fraction of sp³-hybridized carbons (Fsp3) is 0.652. The maximum absolute atomic E-state index is 13.6. The van der Waals surface area contributed by atoms with Gasteiger partial charge in [0.05, 0.1) is 14.2 Å². The summed E-state index contributed by atoms with van der Waals surface area (Å²) in [5.74, 6) is 1.44. The van der Waals surface area contributed by atoms with Gasteiger partial charge in [-0.25, -0.2) is 4.79 Å². The summed E-state index contributed by atoms with van der Waals surface area (Å²) in [6, 6.07) is 4.09. The van der Waals surface area contributed by atoms with E-state index in [4.69, 9.17) is 9.47 Å². The largest absolute Gasteiger partial charge is 0.493 e. The SMILES string of the molecule is COc1cc2c(cc1OC)[C@H]1C[C@]3(CCN1CC2)NC(=O)N(C1CCCCC1)C3=O. The van der Waals surface area contributed by atoms with Gasteiger partial charge in [-0.1, -0.05) is 19.3 Å². The van der Waals surface area contributed by atoms with E-state index < -0.39 is 5.54 Å². The van der Waals surface area contributed by atoms with E-state index in [-0.39, 0.29) is 24.0 Å². The van der Waals surface area contributed by atoms with Gasteiger partial charge in [-0.15, -0.1) is 0 Å². The number of urea groups is 1. The van der Waals surface area contributed by atoms with Gasteiger partial charge in [0.1, 0.15) is 5.54 Å². The molecule has 0 radical (unpaired) electrons. The summed E-state index contributed by atoms with van der Waals surface area (Å²) >= 11 is 0. The molecule has 3 fully saturated rings. The molecule has 1 aromatic rings. The van der Waals surface area contributed by atoms with Crippen molar-refractivity contribution in [3.05, 3.63) is 23.3 Å². The Kier molecular flexibility index (Phi) is 4.88. The Morgan fingerprint density at radius 3 is 2.50 bits per heavy atom. The zero-order valence-electron chi connectivity index (χ0n) is 17.9. The predicted octanol–water partition coefficient (Wildman–Crippen LogP) is 3.02. The molecule has 7 nitrogen and oxygen atoms in total. The van der Waals surface area contributed by atoms with Crippen molar-refractivity contribution in [2.24, 2.45) is 0 Å². The highest BCUT2D eigenvalue weighted by Gasteiger charge is 2.56. The van der Waals surface area contributed by atoms with Gasteiger partial charge in [0.2, 0.25) is 0 Å². The minimum Gasteiger partial charge on any atom is -0.493 e. The van der Waals surface area contributed by atoms with Gasteiger partial charge in [-0.2, -0.15) is 0 Å². The van der Waals surface area contributed by atoms with Gasteiger partial charge >= 0.3 is 6.03 Å². The lowest BCUT2D eigenvalue weighted by Crippen LogP contribution is -2.57. The number of hydrogen-bond acceptors (Lipinski definition) is 5. The van der Waals surface area contributed by atoms with Crippen molar-refractivity contribution in [3.63, 3.8) is 0 Å². The van der Waals surface area contributed by atoms with Crippen molar-refractivity contribution < 1.29 is 19.1 Å². The second-order valence-corrected chi connectivity index (χ2v) is 9.14. The topological polar surface area (TPSA) is 71.1 Å². The van der Waals surface area contributed by atoms with Crippen LogP contribution < -0.4 is 14.8 Å². The molecule has 7 heteroatoms. The molecule has 2 atom stereocenters. The molecule has 1 N–H and O–H groups in total. The van der Waals surface area contributed by atoms with Gasteiger partial charge < -0.3 is 14.8 Å². The van der Waals surface area contributed by atoms with Gasteiger partial charge in [0, 0.05) is 25.2 Å². The number of nitrogens with zero attached hydrogens (tertiary/aromatic N) is 2. The van der Waals surface area contributed by atoms with E-state index in [0.717, 1.165) is 50.9 Å². The predicted molar refractivity (Wildman–Crippen MR) is 112 cm³/mol. The molecule has 4 aliphatic rings. The number of methoxy groups -OCH3 is 2. The van der Waals surface area contributed by atoms with Crippen LogP contribution in [0.2, 0.25) is 0 Å². The monoisotopic (exact) mass is 413 g/mol. The average Bonchev–Trinajstić information content (AvgIpc) is 3.02. The molecule has 2 saturated heterocycles. The molecule has 0 aromatic heterocycles. The van der Waals surface area contributed by atoms with E-state index >= 15 is 0 Å². The molecule has 0 bridgehead atoms. The Bertz CT molecular complexity index is 866. The Morgan fingerprint density at radius 2 is 1.77 bits per heavy atom. The van der Waals surface area contributed by atoms with E-state index in [2.05, 4.69) is 22.3 Å². The third-order valence-corrected chi connectivity index (χ3v) is 7.61. The number of benzene rings is 1. The van der Waals surface area contributed by atoms with E-state index in [1.165, 1.54) is 17.5 Å². The zero-order valence-corrected chi connectivity index (χ0v) is 17.9. The zero-order chi connectivity index (χ0) is 20.9. The second-order valence-electron chi connectivity index (χ2n) is 9.14. The number of nitrogens with one attached hydrogen (secondary N) is 1. The Hall–Kier alpha value is -2.28. The van der Waals surface area contributed by atoms with Crippen LogP contribution >= 0.6 is 0 Å². The van der Waals surface area contributed by atoms with Gasteiger partial charge in [0.25, 0.3) is 5.91 Å². The first-order chi connectivity index (χ1) is 14.6. The number of carbonyl (C=O) groups excluding carboxylic acids is 2. The molecule has 5 rings (SSSR count). The number of hydrogen-bond donors (Lipinski definition) is 1. The van der Waals surface area contributed by atoms with E-state index in [0.29, 0.717) is 18.6 Å². The first-order valence-electron chi connectivity index (χ1n) is 11.2. The van der Waals surface area contributed by atoms with E-state index in [1.807, 2.05) is 0 Å². The van der Waals surface area contributed by atoms with Crippen molar-refractivity contribution in [3.8, 4) is 11.5 Å². The number of ether oxygens (including phenoxy) is 2. The van der Waals surface area contributed by atoms with Crippen molar-refractivity contribution in [1.29, 1.82) is 0 Å². The lowest BCUT2D eigenvalue weighted by Gasteiger charge is -2.46. The third kappa shape index (κ3) is 2.97. The van der Waals surface area contributed by atoms with Crippen LogP contribution in [0.3, 0.4) is 0 Å².